The molecule has 1 saturated carbocycles. The Kier molecular flexibility index (Phi) is 3.88. The van der Waals surface area contributed by atoms with E-state index >= 15 is 0 Å². The van der Waals surface area contributed by atoms with Gasteiger partial charge in [-0.25, -0.2) is 8.78 Å². The van der Waals surface area contributed by atoms with Crippen LogP contribution < -0.4 is 5.32 Å². The highest BCUT2D eigenvalue weighted by atomic mass is 19.3. The summed E-state index contributed by atoms with van der Waals surface area (Å²) in [6, 6.07) is -0.616. The van der Waals surface area contributed by atoms with Crippen molar-refractivity contribution in [2.45, 2.75) is 44.1 Å². The molecule has 16 heavy (non-hydrogen) atoms. The van der Waals surface area contributed by atoms with Gasteiger partial charge in [0.2, 0.25) is 0 Å². The van der Waals surface area contributed by atoms with Crippen molar-refractivity contribution in [3.8, 4) is 0 Å². The van der Waals surface area contributed by atoms with Gasteiger partial charge in [-0.3, -0.25) is 9.59 Å². The van der Waals surface area contributed by atoms with Crippen LogP contribution >= 0.6 is 0 Å². The smallest absolute Gasteiger partial charge is 0.348 e. The lowest BCUT2D eigenvalue weighted by molar-refractivity contribution is -0.170. The molecule has 1 N–H and O–H groups in total. The second kappa shape index (κ2) is 4.80. The van der Waals surface area contributed by atoms with Crippen LogP contribution in [0.5, 0.6) is 0 Å². The van der Waals surface area contributed by atoms with Gasteiger partial charge in [-0.05, 0) is 12.8 Å². The van der Waals surface area contributed by atoms with Gasteiger partial charge >= 0.3 is 12.3 Å². The number of alkyl halides is 4. The SMILES string of the molecule is O=C1CCC(NC(=O)C(F)(F)C(F)F)CC1. The van der Waals surface area contributed by atoms with E-state index in [1.54, 1.807) is 0 Å². The number of halogens is 4. The standard InChI is InChI=1S/C9H11F4NO2/c10-7(11)9(12,13)8(16)14-5-1-3-6(15)4-2-5/h5,7H,1-4H2,(H,14,16). The molecule has 0 radical (unpaired) electrons. The van der Waals surface area contributed by atoms with Crippen molar-refractivity contribution in [2.24, 2.45) is 0 Å². The third kappa shape index (κ3) is 2.93. The molecule has 0 spiro atoms. The number of hydrogen-bond acceptors (Lipinski definition) is 2. The van der Waals surface area contributed by atoms with Crippen molar-refractivity contribution in [3.63, 3.8) is 0 Å². The van der Waals surface area contributed by atoms with Crippen molar-refractivity contribution < 1.29 is 27.2 Å². The molecule has 1 fully saturated rings. The summed E-state index contributed by atoms with van der Waals surface area (Å²) in [6.45, 7) is 0. The van der Waals surface area contributed by atoms with E-state index in [9.17, 15) is 27.2 Å². The Labute approximate surface area is 89.2 Å². The normalized spacial score (nSPS) is 18.9. The van der Waals surface area contributed by atoms with Gasteiger partial charge in [0.05, 0.1) is 0 Å². The van der Waals surface area contributed by atoms with Crippen LogP contribution in [0, 0.1) is 0 Å². The maximum Gasteiger partial charge on any atom is 0.383 e. The zero-order valence-electron chi connectivity index (χ0n) is 8.31. The zero-order chi connectivity index (χ0) is 12.3. The predicted octanol–water partition coefficient (Wildman–Crippen LogP) is 1.51. The predicted molar refractivity (Wildman–Crippen MR) is 46.4 cm³/mol. The molecule has 3 nitrogen and oxygen atoms in total. The fraction of sp³-hybridized carbons (Fsp3) is 0.778. The van der Waals surface area contributed by atoms with Crippen LogP contribution in [-0.2, 0) is 9.59 Å². The third-order valence-corrected chi connectivity index (χ3v) is 2.46. The molecule has 0 heterocycles. The average molecular weight is 241 g/mol. The van der Waals surface area contributed by atoms with Crippen molar-refractivity contribution in [3.05, 3.63) is 0 Å². The van der Waals surface area contributed by atoms with Crippen LogP contribution in [0.4, 0.5) is 17.6 Å². The van der Waals surface area contributed by atoms with E-state index in [1.807, 2.05) is 5.32 Å². The number of carbonyl (C=O) groups is 2. The lowest BCUT2D eigenvalue weighted by atomic mass is 9.94. The minimum atomic E-state index is -4.67. The van der Waals surface area contributed by atoms with Gasteiger partial charge in [0.15, 0.2) is 0 Å². The van der Waals surface area contributed by atoms with Crippen LogP contribution in [0.3, 0.4) is 0 Å². The first-order chi connectivity index (χ1) is 7.34. The van der Waals surface area contributed by atoms with E-state index in [-0.39, 0.29) is 31.5 Å². The summed E-state index contributed by atoms with van der Waals surface area (Å²) in [6.07, 6.45) is -3.19. The van der Waals surface area contributed by atoms with E-state index in [0.29, 0.717) is 0 Å². The van der Waals surface area contributed by atoms with Gasteiger partial charge in [0, 0.05) is 18.9 Å². The van der Waals surface area contributed by atoms with Crippen LogP contribution in [0.2, 0.25) is 0 Å². The molecule has 1 aliphatic carbocycles. The maximum atomic E-state index is 12.5. The van der Waals surface area contributed by atoms with Gasteiger partial charge in [-0.15, -0.1) is 0 Å². The van der Waals surface area contributed by atoms with E-state index in [1.165, 1.54) is 0 Å². The lowest BCUT2D eigenvalue weighted by Gasteiger charge is -2.24. The number of ketones is 1. The Morgan fingerprint density at radius 2 is 1.81 bits per heavy atom. The molecule has 0 aromatic heterocycles. The first-order valence-electron chi connectivity index (χ1n) is 4.82. The zero-order valence-corrected chi connectivity index (χ0v) is 8.31. The summed E-state index contributed by atoms with van der Waals surface area (Å²) in [5, 5.41) is 1.84. The molecule has 0 aliphatic heterocycles. The Balaban J connectivity index is 2.48. The summed E-state index contributed by atoms with van der Waals surface area (Å²) >= 11 is 0. The third-order valence-electron chi connectivity index (χ3n) is 2.46. The quantitative estimate of drug-likeness (QED) is 0.761. The fourth-order valence-electron chi connectivity index (χ4n) is 1.46. The van der Waals surface area contributed by atoms with E-state index in [0.717, 1.165) is 0 Å². The van der Waals surface area contributed by atoms with Gasteiger partial charge < -0.3 is 5.32 Å². The lowest BCUT2D eigenvalue weighted by Crippen LogP contribution is -2.49. The molecule has 7 heteroatoms. The Morgan fingerprint density at radius 3 is 2.25 bits per heavy atom. The monoisotopic (exact) mass is 241 g/mol. The van der Waals surface area contributed by atoms with Crippen molar-refractivity contribution >= 4 is 11.7 Å². The number of amides is 1. The van der Waals surface area contributed by atoms with Crippen LogP contribution in [0.15, 0.2) is 0 Å². The summed E-state index contributed by atoms with van der Waals surface area (Å²) < 4.78 is 48.7. The van der Waals surface area contributed by atoms with Gasteiger partial charge in [-0.2, -0.15) is 8.78 Å². The van der Waals surface area contributed by atoms with Crippen LogP contribution in [0.25, 0.3) is 0 Å². The summed E-state index contributed by atoms with van der Waals surface area (Å²) in [7, 11) is 0. The van der Waals surface area contributed by atoms with Crippen molar-refractivity contribution in [1.82, 2.24) is 5.32 Å². The molecule has 0 bridgehead atoms. The fourth-order valence-corrected chi connectivity index (χ4v) is 1.46. The first-order valence-corrected chi connectivity index (χ1v) is 4.82. The molecular formula is C9H11F4NO2. The average Bonchev–Trinajstić information content (AvgIpc) is 2.21. The molecule has 92 valence electrons. The second-order valence-corrected chi connectivity index (χ2v) is 3.71. The number of hydrogen-bond donors (Lipinski definition) is 1. The van der Waals surface area contributed by atoms with E-state index in [2.05, 4.69) is 0 Å². The highest BCUT2D eigenvalue weighted by Crippen LogP contribution is 2.24. The number of rotatable bonds is 3. The molecule has 0 saturated heterocycles. The Bertz CT molecular complexity index is 283. The minimum absolute atomic E-state index is 0.00822. The molecule has 1 rings (SSSR count). The van der Waals surface area contributed by atoms with Crippen molar-refractivity contribution in [2.75, 3.05) is 0 Å². The summed E-state index contributed by atoms with van der Waals surface area (Å²) in [5.74, 6) is -6.64. The molecule has 0 aromatic carbocycles. The number of carbonyl (C=O) groups excluding carboxylic acids is 2. The van der Waals surface area contributed by atoms with E-state index < -0.39 is 24.3 Å². The van der Waals surface area contributed by atoms with Gasteiger partial charge in [0.25, 0.3) is 5.91 Å². The minimum Gasteiger partial charge on any atom is -0.348 e. The maximum absolute atomic E-state index is 12.5. The molecule has 0 atom stereocenters. The molecular weight excluding hydrogens is 230 g/mol. The number of nitrogens with one attached hydrogen (secondary N) is 1. The van der Waals surface area contributed by atoms with Crippen LogP contribution in [0.1, 0.15) is 25.7 Å². The summed E-state index contributed by atoms with van der Waals surface area (Å²) in [4.78, 5) is 21.6. The molecule has 0 unspecified atom stereocenters. The molecule has 0 aromatic rings. The van der Waals surface area contributed by atoms with Gasteiger partial charge in [0.1, 0.15) is 5.78 Å². The number of Topliss-reactive ketones (excluding diaryl/α,β-unsaturated/α-hetero) is 1. The van der Waals surface area contributed by atoms with Crippen LogP contribution in [-0.4, -0.2) is 30.1 Å². The highest BCUT2D eigenvalue weighted by Gasteiger charge is 2.49. The Morgan fingerprint density at radius 1 is 1.31 bits per heavy atom. The summed E-state index contributed by atoms with van der Waals surface area (Å²) in [5.41, 5.74) is 0. The largest absolute Gasteiger partial charge is 0.383 e. The Hall–Kier alpha value is -1.14. The van der Waals surface area contributed by atoms with Gasteiger partial charge in [-0.1, -0.05) is 0 Å². The molecule has 1 amide bonds. The van der Waals surface area contributed by atoms with E-state index in [4.69, 9.17) is 0 Å². The highest BCUT2D eigenvalue weighted by molar-refractivity contribution is 5.84. The van der Waals surface area contributed by atoms with Crippen molar-refractivity contribution in [1.29, 1.82) is 0 Å². The topological polar surface area (TPSA) is 46.2 Å². The first kappa shape index (κ1) is 12.9. The second-order valence-electron chi connectivity index (χ2n) is 3.71. The molecule has 1 aliphatic rings.